The summed E-state index contributed by atoms with van der Waals surface area (Å²) in [6.45, 7) is 4.70. The van der Waals surface area contributed by atoms with Crippen molar-refractivity contribution in [1.82, 2.24) is 9.97 Å². The molecule has 0 saturated carbocycles. The number of aromatic nitrogens is 2. The smallest absolute Gasteiger partial charge is 0.133 e. The molecule has 6 heteroatoms. The lowest BCUT2D eigenvalue weighted by atomic mass is 10.3. The second-order valence-corrected chi connectivity index (χ2v) is 4.74. The lowest BCUT2D eigenvalue weighted by Crippen LogP contribution is -2.15. The van der Waals surface area contributed by atoms with Crippen LogP contribution >= 0.6 is 11.8 Å². The first-order valence-electron chi connectivity index (χ1n) is 5.66. The number of anilines is 1. The van der Waals surface area contributed by atoms with E-state index in [9.17, 15) is 5.11 Å². The van der Waals surface area contributed by atoms with Gasteiger partial charge in [0.05, 0.1) is 12.7 Å². The van der Waals surface area contributed by atoms with Crippen LogP contribution in [-0.4, -0.2) is 45.2 Å². The SMILES string of the molecule is CCCNc1ncnc(SCC(O)CO)c1C. The molecule has 0 radical (unpaired) electrons. The van der Waals surface area contributed by atoms with Gasteiger partial charge in [0.2, 0.25) is 0 Å². The Morgan fingerprint density at radius 2 is 2.24 bits per heavy atom. The molecule has 0 saturated heterocycles. The van der Waals surface area contributed by atoms with E-state index < -0.39 is 6.10 Å². The normalized spacial score (nSPS) is 12.5. The minimum absolute atomic E-state index is 0.224. The third kappa shape index (κ3) is 4.49. The van der Waals surface area contributed by atoms with Crippen molar-refractivity contribution in [1.29, 1.82) is 0 Å². The Labute approximate surface area is 106 Å². The molecule has 0 bridgehead atoms. The lowest BCUT2D eigenvalue weighted by Gasteiger charge is -2.11. The second kappa shape index (κ2) is 7.47. The maximum atomic E-state index is 9.29. The van der Waals surface area contributed by atoms with Crippen LogP contribution in [0.15, 0.2) is 11.4 Å². The van der Waals surface area contributed by atoms with Crippen molar-refractivity contribution in [2.45, 2.75) is 31.4 Å². The molecule has 96 valence electrons. The summed E-state index contributed by atoms with van der Waals surface area (Å²) in [6, 6.07) is 0. The average Bonchev–Trinajstić information content (AvgIpc) is 2.35. The van der Waals surface area contributed by atoms with Crippen molar-refractivity contribution >= 4 is 17.6 Å². The summed E-state index contributed by atoms with van der Waals surface area (Å²) in [5, 5.41) is 22.1. The Morgan fingerprint density at radius 3 is 2.88 bits per heavy atom. The fourth-order valence-electron chi connectivity index (χ4n) is 1.23. The van der Waals surface area contributed by atoms with E-state index in [1.807, 2.05) is 6.92 Å². The van der Waals surface area contributed by atoms with E-state index in [-0.39, 0.29) is 6.61 Å². The number of aliphatic hydroxyl groups is 2. The molecule has 1 rings (SSSR count). The van der Waals surface area contributed by atoms with Gasteiger partial charge in [0, 0.05) is 17.9 Å². The van der Waals surface area contributed by atoms with Crippen LogP contribution < -0.4 is 5.32 Å². The molecular formula is C11H19N3O2S. The van der Waals surface area contributed by atoms with Crippen LogP contribution in [0.3, 0.4) is 0 Å². The number of rotatable bonds is 7. The predicted octanol–water partition coefficient (Wildman–Crippen LogP) is 1.05. The summed E-state index contributed by atoms with van der Waals surface area (Å²) in [7, 11) is 0. The van der Waals surface area contributed by atoms with E-state index in [0.29, 0.717) is 5.75 Å². The van der Waals surface area contributed by atoms with Gasteiger partial charge < -0.3 is 15.5 Å². The molecule has 0 aliphatic rings. The molecule has 1 unspecified atom stereocenters. The van der Waals surface area contributed by atoms with Crippen molar-refractivity contribution < 1.29 is 10.2 Å². The van der Waals surface area contributed by atoms with Crippen molar-refractivity contribution in [2.75, 3.05) is 24.2 Å². The molecule has 1 atom stereocenters. The van der Waals surface area contributed by atoms with Crippen LogP contribution in [0.25, 0.3) is 0 Å². The molecule has 1 heterocycles. The molecule has 5 nitrogen and oxygen atoms in total. The van der Waals surface area contributed by atoms with Gasteiger partial charge in [-0.1, -0.05) is 6.92 Å². The fraction of sp³-hybridized carbons (Fsp3) is 0.636. The highest BCUT2D eigenvalue weighted by atomic mass is 32.2. The van der Waals surface area contributed by atoms with Gasteiger partial charge >= 0.3 is 0 Å². The zero-order valence-electron chi connectivity index (χ0n) is 10.2. The largest absolute Gasteiger partial charge is 0.394 e. The molecule has 0 spiro atoms. The molecule has 1 aromatic rings. The third-order valence-corrected chi connectivity index (χ3v) is 3.44. The molecular weight excluding hydrogens is 238 g/mol. The Balaban J connectivity index is 2.65. The monoisotopic (exact) mass is 257 g/mol. The molecule has 17 heavy (non-hydrogen) atoms. The average molecular weight is 257 g/mol. The van der Waals surface area contributed by atoms with Crippen molar-refractivity contribution in [2.24, 2.45) is 0 Å². The van der Waals surface area contributed by atoms with E-state index in [1.54, 1.807) is 0 Å². The molecule has 0 aliphatic carbocycles. The number of nitrogens with one attached hydrogen (secondary N) is 1. The number of nitrogens with zero attached hydrogens (tertiary/aromatic N) is 2. The van der Waals surface area contributed by atoms with Crippen molar-refractivity contribution in [3.05, 3.63) is 11.9 Å². The first kappa shape index (κ1) is 14.2. The van der Waals surface area contributed by atoms with Gasteiger partial charge in [0.25, 0.3) is 0 Å². The predicted molar refractivity (Wildman–Crippen MR) is 69.4 cm³/mol. The summed E-state index contributed by atoms with van der Waals surface area (Å²) in [6.07, 6.45) is 1.84. The zero-order chi connectivity index (χ0) is 12.7. The van der Waals surface area contributed by atoms with Crippen molar-refractivity contribution in [3.8, 4) is 0 Å². The van der Waals surface area contributed by atoms with E-state index in [2.05, 4.69) is 22.2 Å². The summed E-state index contributed by atoms with van der Waals surface area (Å²) in [4.78, 5) is 8.35. The van der Waals surface area contributed by atoms with Gasteiger partial charge in [0.15, 0.2) is 0 Å². The minimum atomic E-state index is -0.707. The summed E-state index contributed by atoms with van der Waals surface area (Å²) >= 11 is 1.43. The highest BCUT2D eigenvalue weighted by molar-refractivity contribution is 7.99. The first-order chi connectivity index (χ1) is 8.19. The number of hydrogen-bond acceptors (Lipinski definition) is 6. The topological polar surface area (TPSA) is 78.3 Å². The fourth-order valence-corrected chi connectivity index (χ4v) is 2.12. The van der Waals surface area contributed by atoms with Gasteiger partial charge in [-0.3, -0.25) is 0 Å². The highest BCUT2D eigenvalue weighted by Crippen LogP contribution is 2.24. The van der Waals surface area contributed by atoms with E-state index in [0.717, 1.165) is 29.4 Å². The summed E-state index contributed by atoms with van der Waals surface area (Å²) in [5.41, 5.74) is 0.982. The van der Waals surface area contributed by atoms with Gasteiger partial charge in [-0.15, -0.1) is 11.8 Å². The standard InChI is InChI=1S/C11H19N3O2S/c1-3-4-12-10-8(2)11(14-7-13-10)17-6-9(16)5-15/h7,9,15-16H,3-6H2,1-2H3,(H,12,13,14). The minimum Gasteiger partial charge on any atom is -0.394 e. The van der Waals surface area contributed by atoms with E-state index in [1.165, 1.54) is 18.1 Å². The Morgan fingerprint density at radius 1 is 1.47 bits per heavy atom. The number of hydrogen-bond donors (Lipinski definition) is 3. The summed E-state index contributed by atoms with van der Waals surface area (Å²) < 4.78 is 0. The van der Waals surface area contributed by atoms with Crippen LogP contribution in [0.5, 0.6) is 0 Å². The zero-order valence-corrected chi connectivity index (χ0v) is 11.0. The molecule has 0 aliphatic heterocycles. The van der Waals surface area contributed by atoms with Crippen LogP contribution in [0.1, 0.15) is 18.9 Å². The Bertz CT molecular complexity index is 349. The van der Waals surface area contributed by atoms with Crippen LogP contribution in [0, 0.1) is 6.92 Å². The maximum absolute atomic E-state index is 9.29. The number of thioether (sulfide) groups is 1. The molecule has 3 N–H and O–H groups in total. The van der Waals surface area contributed by atoms with E-state index >= 15 is 0 Å². The number of aliphatic hydroxyl groups excluding tert-OH is 2. The van der Waals surface area contributed by atoms with Crippen molar-refractivity contribution in [3.63, 3.8) is 0 Å². The first-order valence-corrected chi connectivity index (χ1v) is 6.64. The highest BCUT2D eigenvalue weighted by Gasteiger charge is 2.09. The Kier molecular flexibility index (Phi) is 6.25. The van der Waals surface area contributed by atoms with Gasteiger partial charge in [-0.05, 0) is 13.3 Å². The third-order valence-electron chi connectivity index (χ3n) is 2.20. The lowest BCUT2D eigenvalue weighted by molar-refractivity contribution is 0.113. The maximum Gasteiger partial charge on any atom is 0.133 e. The van der Waals surface area contributed by atoms with Crippen LogP contribution in [-0.2, 0) is 0 Å². The molecule has 0 aromatic carbocycles. The second-order valence-electron chi connectivity index (χ2n) is 3.73. The van der Waals surface area contributed by atoms with Gasteiger partial charge in [-0.2, -0.15) is 0 Å². The summed E-state index contributed by atoms with van der Waals surface area (Å²) in [5.74, 6) is 1.27. The van der Waals surface area contributed by atoms with Crippen LogP contribution in [0.4, 0.5) is 5.82 Å². The van der Waals surface area contributed by atoms with Gasteiger partial charge in [0.1, 0.15) is 17.2 Å². The van der Waals surface area contributed by atoms with Crippen LogP contribution in [0.2, 0.25) is 0 Å². The quantitative estimate of drug-likeness (QED) is 0.500. The van der Waals surface area contributed by atoms with Gasteiger partial charge in [-0.25, -0.2) is 9.97 Å². The molecule has 1 aromatic heterocycles. The van der Waals surface area contributed by atoms with E-state index in [4.69, 9.17) is 5.11 Å². The Hall–Kier alpha value is -0.850. The molecule has 0 fully saturated rings. The molecule has 0 amide bonds.